The summed E-state index contributed by atoms with van der Waals surface area (Å²) in [7, 11) is 0. The van der Waals surface area contributed by atoms with E-state index in [4.69, 9.17) is 11.5 Å². The first kappa shape index (κ1) is 42.2. The number of aliphatic imine (C=N–C) groups is 1. The van der Waals surface area contributed by atoms with Crippen LogP contribution in [0.25, 0.3) is 10.9 Å². The average Bonchev–Trinajstić information content (AvgIpc) is 3.78. The van der Waals surface area contributed by atoms with Crippen molar-refractivity contribution in [1.82, 2.24) is 36.5 Å². The molecule has 1 aliphatic rings. The number of nitrogens with one attached hydrogen (secondary N) is 6. The Kier molecular flexibility index (Phi) is 15.7. The van der Waals surface area contributed by atoms with Crippen LogP contribution < -0.4 is 38.1 Å². The maximum Gasteiger partial charge on any atom is 0.326 e. The Morgan fingerprint density at radius 1 is 0.926 bits per heavy atom. The number of nitrogens with two attached hydrogens (primary N) is 2. The van der Waals surface area contributed by atoms with Crippen LogP contribution in [0.1, 0.15) is 44.6 Å². The number of carboxylic acids is 2. The molecule has 2 heterocycles. The van der Waals surface area contributed by atoms with Crippen molar-refractivity contribution in [1.29, 1.82) is 0 Å². The van der Waals surface area contributed by atoms with E-state index in [-0.39, 0.29) is 37.7 Å². The molecule has 21 nitrogen and oxygen atoms in total. The van der Waals surface area contributed by atoms with Crippen molar-refractivity contribution in [3.05, 3.63) is 36.0 Å². The van der Waals surface area contributed by atoms with Crippen LogP contribution in [0.4, 0.5) is 0 Å². The van der Waals surface area contributed by atoms with Crippen LogP contribution >= 0.6 is 0 Å². The molecule has 5 atom stereocenters. The monoisotopic (exact) mass is 758 g/mol. The van der Waals surface area contributed by atoms with Crippen molar-refractivity contribution in [3.8, 4) is 0 Å². The number of carboxylic acid groups (broad SMARTS) is 2. The van der Waals surface area contributed by atoms with E-state index < -0.39 is 91.3 Å². The van der Waals surface area contributed by atoms with Gasteiger partial charge in [-0.25, -0.2) is 4.79 Å². The minimum absolute atomic E-state index is 0.0504. The molecule has 0 unspecified atom stereocenters. The predicted octanol–water partition coefficient (Wildman–Crippen LogP) is -3.62. The number of hydrogen-bond acceptors (Lipinski definition) is 10. The molecule has 1 aliphatic heterocycles. The first-order valence-electron chi connectivity index (χ1n) is 17.0. The van der Waals surface area contributed by atoms with Crippen LogP contribution in [0.2, 0.25) is 0 Å². The number of aromatic amines is 1. The summed E-state index contributed by atoms with van der Waals surface area (Å²) in [6.45, 7) is 0.0485. The quantitative estimate of drug-likeness (QED) is 0.0353. The molecule has 1 saturated heterocycles. The molecule has 13 N–H and O–H groups in total. The maximum atomic E-state index is 13.2. The fourth-order valence-electron chi connectivity index (χ4n) is 5.84. The lowest BCUT2D eigenvalue weighted by atomic mass is 10.0. The van der Waals surface area contributed by atoms with Gasteiger partial charge in [0.25, 0.3) is 0 Å². The molecule has 1 fully saturated rings. The van der Waals surface area contributed by atoms with Crippen molar-refractivity contribution in [2.24, 2.45) is 16.5 Å². The number of amides is 6. The number of guanidine groups is 1. The number of H-pyrrole nitrogens is 1. The number of fused-ring (bicyclic) bond motifs is 1. The Balaban J connectivity index is 1.65. The van der Waals surface area contributed by atoms with Crippen molar-refractivity contribution in [2.45, 2.75) is 75.7 Å². The van der Waals surface area contributed by atoms with Crippen LogP contribution in [0, 0.1) is 0 Å². The Morgan fingerprint density at radius 2 is 1.61 bits per heavy atom. The molecule has 1 aromatic carbocycles. The molecule has 0 bridgehead atoms. The summed E-state index contributed by atoms with van der Waals surface area (Å²) in [6, 6.07) is 0.128. The molecule has 294 valence electrons. The Bertz CT molecular complexity index is 1740. The fraction of sp³-hybridized carbons (Fsp3) is 0.485. The number of aliphatic hydroxyl groups excluding tert-OH is 1. The van der Waals surface area contributed by atoms with E-state index in [1.54, 1.807) is 30.5 Å². The zero-order valence-corrected chi connectivity index (χ0v) is 29.5. The molecule has 0 aliphatic carbocycles. The molecule has 1 aromatic heterocycles. The number of benzene rings is 1. The molecule has 0 radical (unpaired) electrons. The van der Waals surface area contributed by atoms with E-state index >= 15 is 0 Å². The van der Waals surface area contributed by atoms with Crippen LogP contribution in [0.15, 0.2) is 35.5 Å². The van der Waals surface area contributed by atoms with Crippen LogP contribution in [0.5, 0.6) is 0 Å². The summed E-state index contributed by atoms with van der Waals surface area (Å²) >= 11 is 0. The highest BCUT2D eigenvalue weighted by Gasteiger charge is 2.35. The molecule has 54 heavy (non-hydrogen) atoms. The first-order chi connectivity index (χ1) is 25.6. The number of hydrogen-bond donors (Lipinski definition) is 11. The Hall–Kier alpha value is -6.25. The number of para-hydroxylation sites is 1. The minimum atomic E-state index is -1.74. The van der Waals surface area contributed by atoms with Crippen molar-refractivity contribution >= 4 is 64.2 Å². The minimum Gasteiger partial charge on any atom is -0.481 e. The van der Waals surface area contributed by atoms with E-state index in [0.717, 1.165) is 10.9 Å². The second-order valence-corrected chi connectivity index (χ2v) is 12.5. The highest BCUT2D eigenvalue weighted by atomic mass is 16.4. The molecule has 2 aromatic rings. The number of aliphatic carboxylic acids is 2. The second-order valence-electron chi connectivity index (χ2n) is 12.5. The molecule has 6 amide bonds. The SMILES string of the molecule is CC(=O)N1CCC[C@H]1C(=O)N[C@@H](CO)C(=O)N[C@@H](CCCN=C(N)N)C(=O)NCC(=O)N[C@@H](CC(=O)O)C(=O)N[C@@H](Cc1c[nH]c2ccccc12)C(=O)O. The number of nitrogens with zero attached hydrogens (tertiary/aromatic N) is 2. The van der Waals surface area contributed by atoms with Gasteiger partial charge >= 0.3 is 11.9 Å². The number of carbonyl (C=O) groups is 8. The van der Waals surface area contributed by atoms with Gasteiger partial charge < -0.3 is 63.3 Å². The molecule has 0 spiro atoms. The van der Waals surface area contributed by atoms with Crippen LogP contribution in [-0.4, -0.2) is 135 Å². The van der Waals surface area contributed by atoms with Gasteiger partial charge in [-0.3, -0.25) is 38.6 Å². The van der Waals surface area contributed by atoms with E-state index in [1.165, 1.54) is 11.8 Å². The fourth-order valence-corrected chi connectivity index (χ4v) is 5.84. The second kappa shape index (κ2) is 20.1. The highest BCUT2D eigenvalue weighted by Crippen LogP contribution is 2.20. The Labute approximate surface area is 308 Å². The molecule has 0 saturated carbocycles. The van der Waals surface area contributed by atoms with E-state index in [2.05, 4.69) is 36.6 Å². The molecule has 3 rings (SSSR count). The largest absolute Gasteiger partial charge is 0.481 e. The van der Waals surface area contributed by atoms with Crippen molar-refractivity contribution < 1.29 is 53.7 Å². The average molecular weight is 759 g/mol. The van der Waals surface area contributed by atoms with E-state index in [0.29, 0.717) is 24.9 Å². The summed E-state index contributed by atoms with van der Waals surface area (Å²) in [4.78, 5) is 109. The van der Waals surface area contributed by atoms with Gasteiger partial charge in [0.05, 0.1) is 19.6 Å². The lowest BCUT2D eigenvalue weighted by molar-refractivity contribution is -0.143. The molecule has 21 heteroatoms. The maximum absolute atomic E-state index is 13.2. The third-order valence-corrected chi connectivity index (χ3v) is 8.52. The summed E-state index contributed by atoms with van der Waals surface area (Å²) in [5, 5.41) is 41.3. The third-order valence-electron chi connectivity index (χ3n) is 8.52. The number of aromatic nitrogens is 1. The highest BCUT2D eigenvalue weighted by molar-refractivity contribution is 5.97. The number of likely N-dealkylation sites (tertiary alicyclic amines) is 1. The van der Waals surface area contributed by atoms with Gasteiger partial charge in [0.2, 0.25) is 35.4 Å². The van der Waals surface area contributed by atoms with Gasteiger partial charge in [-0.05, 0) is 37.3 Å². The Morgan fingerprint density at radius 3 is 2.26 bits per heavy atom. The molecular formula is C33H46N10O11. The third kappa shape index (κ3) is 12.5. The predicted molar refractivity (Wildman–Crippen MR) is 190 cm³/mol. The first-order valence-corrected chi connectivity index (χ1v) is 17.0. The lowest BCUT2D eigenvalue weighted by Crippen LogP contribution is -2.58. The summed E-state index contributed by atoms with van der Waals surface area (Å²) in [5.74, 6) is -8.11. The van der Waals surface area contributed by atoms with Gasteiger partial charge in [0.15, 0.2) is 5.96 Å². The van der Waals surface area contributed by atoms with E-state index in [9.17, 15) is 53.7 Å². The van der Waals surface area contributed by atoms with Crippen molar-refractivity contribution in [2.75, 3.05) is 26.2 Å². The van der Waals surface area contributed by atoms with Crippen molar-refractivity contribution in [3.63, 3.8) is 0 Å². The van der Waals surface area contributed by atoms with Gasteiger partial charge in [-0.15, -0.1) is 0 Å². The summed E-state index contributed by atoms with van der Waals surface area (Å²) in [6.07, 6.45) is 1.48. The molecular weight excluding hydrogens is 712 g/mol. The van der Waals surface area contributed by atoms with Gasteiger partial charge in [0.1, 0.15) is 30.2 Å². The smallest absolute Gasteiger partial charge is 0.326 e. The van der Waals surface area contributed by atoms with E-state index in [1.807, 2.05) is 0 Å². The van der Waals surface area contributed by atoms with Gasteiger partial charge in [-0.2, -0.15) is 0 Å². The lowest BCUT2D eigenvalue weighted by Gasteiger charge is -2.26. The summed E-state index contributed by atoms with van der Waals surface area (Å²) in [5.41, 5.74) is 12.0. The number of rotatable bonds is 20. The normalized spacial score (nSPS) is 15.9. The number of carbonyl (C=O) groups excluding carboxylic acids is 6. The van der Waals surface area contributed by atoms with Gasteiger partial charge in [0, 0.05) is 43.5 Å². The van der Waals surface area contributed by atoms with Crippen LogP contribution in [-0.2, 0) is 44.8 Å². The number of aliphatic hydroxyl groups is 1. The van der Waals surface area contributed by atoms with Crippen LogP contribution in [0.3, 0.4) is 0 Å². The zero-order valence-electron chi connectivity index (χ0n) is 29.5. The standard InChI is InChI=1S/C33H46N10O11/c1-17(45)43-11-5-9-25(43)31(52)42-24(16-44)30(51)40-21(8-4-10-36-33(34)35)28(49)38-15-26(46)39-22(13-27(47)48)29(50)41-23(32(53)54)12-18-14-37-20-7-3-2-6-19(18)20/h2-3,6-7,14,21-25,37,44H,4-5,8-13,15-16H2,1H3,(H,38,49)(H,39,46)(H,40,51)(H,41,50)(H,42,52)(H,47,48)(H,53,54)(H4,34,35,36)/t21-,22-,23-,24-,25-/m0/s1. The van der Waals surface area contributed by atoms with Gasteiger partial charge in [-0.1, -0.05) is 18.2 Å². The topological polar surface area (TPSA) is 341 Å². The zero-order chi connectivity index (χ0) is 39.9. The summed E-state index contributed by atoms with van der Waals surface area (Å²) < 4.78 is 0.